The summed E-state index contributed by atoms with van der Waals surface area (Å²) < 4.78 is 33.4. The second kappa shape index (κ2) is 11.8. The van der Waals surface area contributed by atoms with Crippen molar-refractivity contribution in [3.63, 3.8) is 0 Å². The van der Waals surface area contributed by atoms with E-state index in [0.717, 1.165) is 0 Å². The molecule has 9 nitrogen and oxygen atoms in total. The molecule has 3 rings (SSSR count). The average Bonchev–Trinajstić information content (AvgIpc) is 2.88. The summed E-state index contributed by atoms with van der Waals surface area (Å²) in [6.07, 6.45) is 1.26. The summed E-state index contributed by atoms with van der Waals surface area (Å²) in [5.74, 6) is 0.828. The molecule has 1 atom stereocenters. The number of nitrogens with one attached hydrogen (secondary N) is 1. The van der Waals surface area contributed by atoms with Crippen molar-refractivity contribution in [2.45, 2.75) is 28.9 Å². The molecule has 1 aliphatic rings. The second-order valence-corrected chi connectivity index (χ2v) is 9.53. The number of hydrogen-bond donors (Lipinski definition) is 2. The van der Waals surface area contributed by atoms with E-state index in [2.05, 4.69) is 5.32 Å². The number of carbonyl (C=O) groups excluding carboxylic acids is 2. The quantitative estimate of drug-likeness (QED) is 0.462. The van der Waals surface area contributed by atoms with Crippen LogP contribution in [0.15, 0.2) is 47.4 Å². The molecule has 184 valence electrons. The van der Waals surface area contributed by atoms with Gasteiger partial charge in [0.25, 0.3) is 5.91 Å². The summed E-state index contributed by atoms with van der Waals surface area (Å²) in [6.45, 7) is 1.51. The standard InChI is InChI=1S/C24H30N2O7S/c1-30-18-6-9-20(21(16-18)31-2)22(27)26-12-3-13-33-17-4-7-19(8-5-17)34(29)24(23(25)28)10-14-32-15-11-24/h4-9,16H,3,10-15H2,1-2H3,(H2,25,28)(H,26,27). The molecule has 2 aromatic carbocycles. The van der Waals surface area contributed by atoms with E-state index in [1.54, 1.807) is 49.6 Å². The number of amides is 2. The molecule has 10 heteroatoms. The number of hydrogen-bond acceptors (Lipinski definition) is 7. The van der Waals surface area contributed by atoms with E-state index >= 15 is 0 Å². The van der Waals surface area contributed by atoms with Gasteiger partial charge in [-0.1, -0.05) is 0 Å². The Morgan fingerprint density at radius 1 is 1.06 bits per heavy atom. The number of ether oxygens (including phenoxy) is 4. The maximum Gasteiger partial charge on any atom is 0.255 e. The summed E-state index contributed by atoms with van der Waals surface area (Å²) in [7, 11) is 1.46. The van der Waals surface area contributed by atoms with E-state index in [9.17, 15) is 13.8 Å². The van der Waals surface area contributed by atoms with Crippen molar-refractivity contribution in [1.82, 2.24) is 5.32 Å². The van der Waals surface area contributed by atoms with Crippen LogP contribution in [0.25, 0.3) is 0 Å². The zero-order chi connectivity index (χ0) is 24.6. The first-order valence-corrected chi connectivity index (χ1v) is 12.1. The van der Waals surface area contributed by atoms with Crippen LogP contribution < -0.4 is 25.3 Å². The maximum absolute atomic E-state index is 13.1. The highest BCUT2D eigenvalue weighted by molar-refractivity contribution is 7.87. The summed E-state index contributed by atoms with van der Waals surface area (Å²) in [4.78, 5) is 25.0. The van der Waals surface area contributed by atoms with Crippen LogP contribution in [0.2, 0.25) is 0 Å². The molecule has 0 aliphatic carbocycles. The fourth-order valence-electron chi connectivity index (χ4n) is 3.65. The Balaban J connectivity index is 1.47. The normalized spacial score (nSPS) is 15.7. The van der Waals surface area contributed by atoms with Crippen LogP contribution in [0.4, 0.5) is 0 Å². The van der Waals surface area contributed by atoms with E-state index < -0.39 is 21.5 Å². The van der Waals surface area contributed by atoms with Crippen LogP contribution in [-0.4, -0.2) is 61.4 Å². The van der Waals surface area contributed by atoms with Crippen molar-refractivity contribution in [2.75, 3.05) is 40.6 Å². The Morgan fingerprint density at radius 2 is 1.74 bits per heavy atom. The van der Waals surface area contributed by atoms with Gasteiger partial charge in [-0.25, -0.2) is 0 Å². The predicted molar refractivity (Wildman–Crippen MR) is 127 cm³/mol. The molecular formula is C24H30N2O7S. The summed E-state index contributed by atoms with van der Waals surface area (Å²) >= 11 is 0. The molecule has 3 N–H and O–H groups in total. The molecule has 0 radical (unpaired) electrons. The SMILES string of the molecule is COc1ccc(C(=O)NCCCOc2ccc(S(=O)C3(C(N)=O)CCOCC3)cc2)c(OC)c1. The minimum absolute atomic E-state index is 0.247. The van der Waals surface area contributed by atoms with Gasteiger partial charge in [0.1, 0.15) is 22.0 Å². The van der Waals surface area contributed by atoms with Gasteiger partial charge >= 0.3 is 0 Å². The highest BCUT2D eigenvalue weighted by Gasteiger charge is 2.45. The fourth-order valence-corrected chi connectivity index (χ4v) is 5.21. The molecular weight excluding hydrogens is 460 g/mol. The van der Waals surface area contributed by atoms with Gasteiger partial charge in [0.15, 0.2) is 0 Å². The molecule has 0 aromatic heterocycles. The topological polar surface area (TPSA) is 126 Å². The summed E-state index contributed by atoms with van der Waals surface area (Å²) in [6, 6.07) is 11.8. The molecule has 0 spiro atoms. The molecule has 0 saturated carbocycles. The van der Waals surface area contributed by atoms with Gasteiger partial charge < -0.3 is 30.0 Å². The minimum Gasteiger partial charge on any atom is -0.497 e. The lowest BCUT2D eigenvalue weighted by Crippen LogP contribution is -2.51. The number of carbonyl (C=O) groups is 2. The Kier molecular flexibility index (Phi) is 8.89. The number of primary amides is 1. The van der Waals surface area contributed by atoms with Crippen LogP contribution >= 0.6 is 0 Å². The van der Waals surface area contributed by atoms with E-state index in [1.165, 1.54) is 7.11 Å². The minimum atomic E-state index is -1.58. The number of benzene rings is 2. The lowest BCUT2D eigenvalue weighted by molar-refractivity contribution is -0.122. The third-order valence-corrected chi connectivity index (χ3v) is 7.69. The lowest BCUT2D eigenvalue weighted by Gasteiger charge is -2.33. The van der Waals surface area contributed by atoms with Gasteiger partial charge in [0.2, 0.25) is 5.91 Å². The first-order chi connectivity index (χ1) is 16.4. The van der Waals surface area contributed by atoms with Gasteiger partial charge in [-0.05, 0) is 55.7 Å². The molecule has 1 aliphatic heterocycles. The molecule has 1 fully saturated rings. The maximum atomic E-state index is 13.1. The number of rotatable bonds is 11. The monoisotopic (exact) mass is 490 g/mol. The summed E-state index contributed by atoms with van der Waals surface area (Å²) in [5.41, 5.74) is 6.02. The van der Waals surface area contributed by atoms with Crippen LogP contribution in [0.3, 0.4) is 0 Å². The van der Waals surface area contributed by atoms with Crippen molar-refractivity contribution in [3.05, 3.63) is 48.0 Å². The lowest BCUT2D eigenvalue weighted by atomic mass is 9.98. The number of methoxy groups -OCH3 is 2. The Labute approximate surface area is 201 Å². The zero-order valence-electron chi connectivity index (χ0n) is 19.3. The molecule has 2 amide bonds. The molecule has 0 bridgehead atoms. The van der Waals surface area contributed by atoms with Crippen LogP contribution in [0, 0.1) is 0 Å². The molecule has 1 heterocycles. The van der Waals surface area contributed by atoms with Crippen LogP contribution in [0.1, 0.15) is 29.6 Å². The third kappa shape index (κ3) is 5.87. The van der Waals surface area contributed by atoms with Gasteiger partial charge in [-0.3, -0.25) is 13.8 Å². The van der Waals surface area contributed by atoms with E-state index in [1.807, 2.05) is 0 Å². The summed E-state index contributed by atoms with van der Waals surface area (Å²) in [5, 5.41) is 2.84. The van der Waals surface area contributed by atoms with Crippen LogP contribution in [-0.2, 0) is 20.3 Å². The van der Waals surface area contributed by atoms with Crippen molar-refractivity contribution in [2.24, 2.45) is 5.73 Å². The number of nitrogens with two attached hydrogens (primary N) is 1. The van der Waals surface area contributed by atoms with Crippen LogP contribution in [0.5, 0.6) is 17.2 Å². The van der Waals surface area contributed by atoms with Crippen molar-refractivity contribution in [1.29, 1.82) is 0 Å². The predicted octanol–water partition coefficient (Wildman–Crippen LogP) is 2.04. The fraction of sp³-hybridized carbons (Fsp3) is 0.417. The smallest absolute Gasteiger partial charge is 0.255 e. The first-order valence-electron chi connectivity index (χ1n) is 10.9. The Bertz CT molecular complexity index is 1020. The molecule has 1 unspecified atom stereocenters. The van der Waals surface area contributed by atoms with E-state index in [0.29, 0.717) is 73.3 Å². The van der Waals surface area contributed by atoms with Gasteiger partial charge in [-0.2, -0.15) is 0 Å². The Hall–Kier alpha value is -3.11. The molecule has 1 saturated heterocycles. The van der Waals surface area contributed by atoms with E-state index in [-0.39, 0.29) is 5.91 Å². The highest BCUT2D eigenvalue weighted by atomic mass is 32.2. The second-order valence-electron chi connectivity index (χ2n) is 7.74. The highest BCUT2D eigenvalue weighted by Crippen LogP contribution is 2.32. The van der Waals surface area contributed by atoms with E-state index in [4.69, 9.17) is 24.7 Å². The van der Waals surface area contributed by atoms with Crippen molar-refractivity contribution in [3.8, 4) is 17.2 Å². The Morgan fingerprint density at radius 3 is 2.35 bits per heavy atom. The first kappa shape index (κ1) is 25.5. The zero-order valence-corrected chi connectivity index (χ0v) is 20.2. The molecule has 34 heavy (non-hydrogen) atoms. The van der Waals surface area contributed by atoms with Gasteiger partial charge in [0, 0.05) is 30.7 Å². The third-order valence-electron chi connectivity index (χ3n) is 5.67. The van der Waals surface area contributed by atoms with Gasteiger partial charge in [0.05, 0.1) is 37.2 Å². The largest absolute Gasteiger partial charge is 0.497 e. The van der Waals surface area contributed by atoms with Crippen molar-refractivity contribution < 1.29 is 32.7 Å². The van der Waals surface area contributed by atoms with Crippen molar-refractivity contribution >= 4 is 22.6 Å². The molecule has 2 aromatic rings. The van der Waals surface area contributed by atoms with Gasteiger partial charge in [-0.15, -0.1) is 0 Å². The average molecular weight is 491 g/mol.